The Morgan fingerprint density at radius 3 is 2.50 bits per heavy atom. The highest BCUT2D eigenvalue weighted by atomic mass is 19.4. The molecule has 1 aliphatic carbocycles. The summed E-state index contributed by atoms with van der Waals surface area (Å²) in [4.78, 5) is 24.8. The predicted octanol–water partition coefficient (Wildman–Crippen LogP) is 0.919. The molecule has 0 radical (unpaired) electrons. The van der Waals surface area contributed by atoms with E-state index in [0.29, 0.717) is 12.8 Å². The number of ether oxygens (including phenoxy) is 1. The fourth-order valence-electron chi connectivity index (χ4n) is 2.09. The van der Waals surface area contributed by atoms with Crippen LogP contribution in [-0.4, -0.2) is 71.5 Å². The Kier molecular flexibility index (Phi) is 4.07. The number of alkyl halides is 3. The van der Waals surface area contributed by atoms with Crippen LogP contribution in [0.2, 0.25) is 0 Å². The number of carboxylic acid groups (broad SMARTS) is 1. The summed E-state index contributed by atoms with van der Waals surface area (Å²) in [5, 5.41) is 8.83. The normalized spacial score (nSPS) is 23.6. The molecule has 0 aromatic heterocycles. The quantitative estimate of drug-likeness (QED) is 0.840. The smallest absolute Gasteiger partial charge is 0.406 e. The van der Waals surface area contributed by atoms with Crippen molar-refractivity contribution in [2.45, 2.75) is 31.2 Å². The predicted molar refractivity (Wildman–Crippen MR) is 60.1 cm³/mol. The Labute approximate surface area is 113 Å². The molecule has 2 aliphatic rings. The number of amides is 2. The average molecular weight is 296 g/mol. The molecule has 1 unspecified atom stereocenters. The zero-order chi connectivity index (χ0) is 14.9. The first-order chi connectivity index (χ1) is 9.28. The average Bonchev–Trinajstić information content (AvgIpc) is 3.18. The second-order valence-corrected chi connectivity index (χ2v) is 4.90. The van der Waals surface area contributed by atoms with Crippen molar-refractivity contribution in [3.8, 4) is 0 Å². The van der Waals surface area contributed by atoms with Gasteiger partial charge in [0.05, 0.1) is 13.2 Å². The summed E-state index contributed by atoms with van der Waals surface area (Å²) < 4.78 is 42.4. The zero-order valence-corrected chi connectivity index (χ0v) is 10.6. The summed E-state index contributed by atoms with van der Waals surface area (Å²) in [6, 6.07) is -1.16. The van der Waals surface area contributed by atoms with E-state index in [1.54, 1.807) is 0 Å². The first kappa shape index (κ1) is 14.9. The van der Waals surface area contributed by atoms with E-state index in [9.17, 15) is 22.8 Å². The van der Waals surface area contributed by atoms with Crippen molar-refractivity contribution in [1.29, 1.82) is 0 Å². The van der Waals surface area contributed by atoms with Gasteiger partial charge in [-0.3, -0.25) is 0 Å². The van der Waals surface area contributed by atoms with Crippen LogP contribution < -0.4 is 0 Å². The summed E-state index contributed by atoms with van der Waals surface area (Å²) >= 11 is 0. The van der Waals surface area contributed by atoms with Gasteiger partial charge in [-0.15, -0.1) is 0 Å². The van der Waals surface area contributed by atoms with Gasteiger partial charge in [-0.1, -0.05) is 0 Å². The lowest BCUT2D eigenvalue weighted by Gasteiger charge is -2.35. The number of urea groups is 1. The molecule has 0 aromatic rings. The van der Waals surface area contributed by atoms with Gasteiger partial charge < -0.3 is 19.6 Å². The number of morpholine rings is 1. The minimum absolute atomic E-state index is 0.00717. The maximum absolute atomic E-state index is 12.5. The maximum atomic E-state index is 12.5. The molecule has 0 aromatic carbocycles. The topological polar surface area (TPSA) is 70.1 Å². The number of halogens is 3. The van der Waals surface area contributed by atoms with Gasteiger partial charge in [-0.05, 0) is 12.8 Å². The van der Waals surface area contributed by atoms with E-state index in [1.807, 2.05) is 0 Å². The first-order valence-electron chi connectivity index (χ1n) is 6.24. The molecular formula is C11H15F3N2O4. The van der Waals surface area contributed by atoms with E-state index < -0.39 is 36.9 Å². The van der Waals surface area contributed by atoms with Crippen LogP contribution in [0.15, 0.2) is 0 Å². The van der Waals surface area contributed by atoms with Crippen molar-refractivity contribution in [2.75, 3.05) is 26.2 Å². The lowest BCUT2D eigenvalue weighted by Crippen LogP contribution is -2.54. The van der Waals surface area contributed by atoms with Crippen LogP contribution >= 0.6 is 0 Å². The van der Waals surface area contributed by atoms with Gasteiger partial charge >= 0.3 is 18.2 Å². The largest absolute Gasteiger partial charge is 0.479 e. The van der Waals surface area contributed by atoms with Gasteiger partial charge in [-0.25, -0.2) is 9.59 Å². The van der Waals surface area contributed by atoms with Crippen LogP contribution in [0.1, 0.15) is 12.8 Å². The third-order valence-electron chi connectivity index (χ3n) is 3.20. The maximum Gasteiger partial charge on any atom is 0.406 e. The molecule has 2 amide bonds. The molecule has 114 valence electrons. The minimum Gasteiger partial charge on any atom is -0.479 e. The van der Waals surface area contributed by atoms with E-state index in [-0.39, 0.29) is 19.7 Å². The first-order valence-corrected chi connectivity index (χ1v) is 6.24. The molecule has 9 heteroatoms. The Morgan fingerprint density at radius 2 is 2.00 bits per heavy atom. The van der Waals surface area contributed by atoms with E-state index >= 15 is 0 Å². The number of carbonyl (C=O) groups excluding carboxylic acids is 1. The van der Waals surface area contributed by atoms with Crippen molar-refractivity contribution in [1.82, 2.24) is 9.80 Å². The third-order valence-corrected chi connectivity index (χ3v) is 3.20. The van der Waals surface area contributed by atoms with Gasteiger partial charge in [0.15, 0.2) is 6.10 Å². The van der Waals surface area contributed by atoms with Crippen LogP contribution in [-0.2, 0) is 9.53 Å². The number of rotatable bonds is 3. The summed E-state index contributed by atoms with van der Waals surface area (Å²) in [6.07, 6.45) is -4.54. The molecule has 20 heavy (non-hydrogen) atoms. The summed E-state index contributed by atoms with van der Waals surface area (Å²) in [7, 11) is 0. The van der Waals surface area contributed by atoms with E-state index in [4.69, 9.17) is 9.84 Å². The lowest BCUT2D eigenvalue weighted by molar-refractivity contribution is -0.156. The van der Waals surface area contributed by atoms with E-state index in [0.717, 1.165) is 9.80 Å². The number of carboxylic acids is 1. The standard InChI is InChI=1S/C11H15F3N2O4/c12-11(13,14)6-16(7-1-2-7)10(19)15-3-4-20-8(5-15)9(17)18/h7-8H,1-6H2,(H,17,18). The SMILES string of the molecule is O=C(O)C1CN(C(=O)N(CC(F)(F)F)C2CC2)CCO1. The molecule has 2 fully saturated rings. The Morgan fingerprint density at radius 1 is 1.35 bits per heavy atom. The molecule has 1 saturated heterocycles. The Balaban J connectivity index is 2.01. The second kappa shape index (κ2) is 5.47. The Bertz CT molecular complexity index is 398. The molecule has 1 atom stereocenters. The molecule has 6 nitrogen and oxygen atoms in total. The second-order valence-electron chi connectivity index (χ2n) is 4.90. The van der Waals surface area contributed by atoms with Crippen molar-refractivity contribution < 1.29 is 32.6 Å². The van der Waals surface area contributed by atoms with E-state index in [2.05, 4.69) is 0 Å². The molecule has 1 aliphatic heterocycles. The van der Waals surface area contributed by atoms with Crippen molar-refractivity contribution >= 4 is 12.0 Å². The monoisotopic (exact) mass is 296 g/mol. The molecule has 0 spiro atoms. The van der Waals surface area contributed by atoms with E-state index in [1.165, 1.54) is 0 Å². The third kappa shape index (κ3) is 3.75. The highest BCUT2D eigenvalue weighted by molar-refractivity contribution is 5.78. The highest BCUT2D eigenvalue weighted by Gasteiger charge is 2.43. The summed E-state index contributed by atoms with van der Waals surface area (Å²) in [5.41, 5.74) is 0. The van der Waals surface area contributed by atoms with Gasteiger partial charge in [0, 0.05) is 12.6 Å². The number of hydrogen-bond acceptors (Lipinski definition) is 3. The zero-order valence-electron chi connectivity index (χ0n) is 10.6. The fourth-order valence-corrected chi connectivity index (χ4v) is 2.09. The fraction of sp³-hybridized carbons (Fsp3) is 0.818. The van der Waals surface area contributed by atoms with Crippen LogP contribution in [0.25, 0.3) is 0 Å². The lowest BCUT2D eigenvalue weighted by atomic mass is 10.3. The summed E-state index contributed by atoms with van der Waals surface area (Å²) in [6.45, 7) is -1.42. The van der Waals surface area contributed by atoms with Crippen LogP contribution in [0.3, 0.4) is 0 Å². The van der Waals surface area contributed by atoms with Gasteiger partial charge in [-0.2, -0.15) is 13.2 Å². The minimum atomic E-state index is -4.46. The number of nitrogens with zero attached hydrogens (tertiary/aromatic N) is 2. The number of aliphatic carboxylic acids is 1. The molecule has 1 N–H and O–H groups in total. The molecule has 1 heterocycles. The molecular weight excluding hydrogens is 281 g/mol. The van der Waals surface area contributed by atoms with Crippen LogP contribution in [0, 0.1) is 0 Å². The number of carbonyl (C=O) groups is 2. The molecule has 2 rings (SSSR count). The van der Waals surface area contributed by atoms with Crippen molar-refractivity contribution in [3.63, 3.8) is 0 Å². The molecule has 0 bridgehead atoms. The van der Waals surface area contributed by atoms with Crippen molar-refractivity contribution in [3.05, 3.63) is 0 Å². The van der Waals surface area contributed by atoms with Crippen LogP contribution in [0.5, 0.6) is 0 Å². The number of hydrogen-bond donors (Lipinski definition) is 1. The van der Waals surface area contributed by atoms with Gasteiger partial charge in [0.25, 0.3) is 0 Å². The molecule has 1 saturated carbocycles. The Hall–Kier alpha value is -1.51. The van der Waals surface area contributed by atoms with Crippen molar-refractivity contribution in [2.24, 2.45) is 0 Å². The summed E-state index contributed by atoms with van der Waals surface area (Å²) in [5.74, 6) is -1.23. The van der Waals surface area contributed by atoms with Gasteiger partial charge in [0.2, 0.25) is 0 Å². The van der Waals surface area contributed by atoms with Crippen LogP contribution in [0.4, 0.5) is 18.0 Å². The highest BCUT2D eigenvalue weighted by Crippen LogP contribution is 2.31. The van der Waals surface area contributed by atoms with Gasteiger partial charge in [0.1, 0.15) is 6.54 Å².